The fourth-order valence-corrected chi connectivity index (χ4v) is 1.30. The Morgan fingerprint density at radius 2 is 1.93 bits per heavy atom. The van der Waals surface area contributed by atoms with Crippen molar-refractivity contribution >= 4 is 0 Å². The number of benzene rings is 1. The van der Waals surface area contributed by atoms with Crippen molar-refractivity contribution in [1.29, 1.82) is 0 Å². The van der Waals surface area contributed by atoms with Crippen molar-refractivity contribution in [3.8, 4) is 5.75 Å². The molecule has 3 nitrogen and oxygen atoms in total. The summed E-state index contributed by atoms with van der Waals surface area (Å²) in [4.78, 5) is 0. The second kappa shape index (κ2) is 5.14. The molecule has 0 aliphatic heterocycles. The van der Waals surface area contributed by atoms with Gasteiger partial charge in [0.2, 0.25) is 0 Å². The molecular formula is C12H19NO2. The normalized spacial score (nSPS) is 14.7. The molecule has 0 spiro atoms. The molecule has 84 valence electrons. The molecule has 1 aromatic carbocycles. The van der Waals surface area contributed by atoms with E-state index < -0.39 is 5.54 Å². The largest absolute Gasteiger partial charge is 0.497 e. The average molecular weight is 209 g/mol. The van der Waals surface area contributed by atoms with Gasteiger partial charge in [0.1, 0.15) is 5.75 Å². The number of hydrogen-bond acceptors (Lipinski definition) is 3. The Morgan fingerprint density at radius 1 is 1.33 bits per heavy atom. The molecule has 1 rings (SSSR count). The van der Waals surface area contributed by atoms with E-state index in [1.165, 1.54) is 5.56 Å². The zero-order valence-corrected chi connectivity index (χ0v) is 9.36. The van der Waals surface area contributed by atoms with Gasteiger partial charge in [-0.3, -0.25) is 0 Å². The van der Waals surface area contributed by atoms with Gasteiger partial charge in [0.25, 0.3) is 0 Å². The lowest BCUT2D eigenvalue weighted by Gasteiger charge is -2.21. The molecule has 0 saturated heterocycles. The molecule has 1 atom stereocenters. The van der Waals surface area contributed by atoms with Gasteiger partial charge < -0.3 is 15.6 Å². The van der Waals surface area contributed by atoms with Crippen LogP contribution in [0.2, 0.25) is 0 Å². The van der Waals surface area contributed by atoms with E-state index in [-0.39, 0.29) is 6.61 Å². The van der Waals surface area contributed by atoms with Gasteiger partial charge in [-0.2, -0.15) is 0 Å². The Bertz CT molecular complexity index is 293. The predicted octanol–water partition coefficient (Wildman–Crippen LogP) is 1.34. The molecule has 3 heteroatoms. The van der Waals surface area contributed by atoms with Gasteiger partial charge in [0, 0.05) is 5.54 Å². The summed E-state index contributed by atoms with van der Waals surface area (Å²) in [5.41, 5.74) is 6.57. The van der Waals surface area contributed by atoms with Crippen LogP contribution >= 0.6 is 0 Å². The fourth-order valence-electron chi connectivity index (χ4n) is 1.30. The van der Waals surface area contributed by atoms with E-state index >= 15 is 0 Å². The summed E-state index contributed by atoms with van der Waals surface area (Å²) in [5, 5.41) is 9.01. The predicted molar refractivity (Wildman–Crippen MR) is 61.0 cm³/mol. The van der Waals surface area contributed by atoms with Crippen molar-refractivity contribution in [1.82, 2.24) is 0 Å². The number of aryl methyl sites for hydroxylation is 1. The average Bonchev–Trinajstić information content (AvgIpc) is 2.27. The number of hydrogen-bond donors (Lipinski definition) is 2. The summed E-state index contributed by atoms with van der Waals surface area (Å²) in [7, 11) is 1.65. The number of methoxy groups -OCH3 is 1. The van der Waals surface area contributed by atoms with Gasteiger partial charge >= 0.3 is 0 Å². The first-order valence-electron chi connectivity index (χ1n) is 5.10. The number of rotatable bonds is 5. The first-order chi connectivity index (χ1) is 7.07. The van der Waals surface area contributed by atoms with E-state index in [1.807, 2.05) is 31.2 Å². The third kappa shape index (κ3) is 3.90. The van der Waals surface area contributed by atoms with Crippen molar-refractivity contribution < 1.29 is 9.84 Å². The lowest BCUT2D eigenvalue weighted by Crippen LogP contribution is -2.40. The Balaban J connectivity index is 2.51. The number of aliphatic hydroxyl groups is 1. The maximum absolute atomic E-state index is 9.01. The second-order valence-electron chi connectivity index (χ2n) is 4.16. The van der Waals surface area contributed by atoms with Gasteiger partial charge in [0.15, 0.2) is 0 Å². The maximum atomic E-state index is 9.01. The molecule has 15 heavy (non-hydrogen) atoms. The molecule has 0 radical (unpaired) electrons. The molecule has 1 unspecified atom stereocenters. The van der Waals surface area contributed by atoms with Crippen molar-refractivity contribution in [3.63, 3.8) is 0 Å². The molecule has 0 heterocycles. The summed E-state index contributed by atoms with van der Waals surface area (Å²) in [6, 6.07) is 7.91. The Kier molecular flexibility index (Phi) is 4.12. The van der Waals surface area contributed by atoms with Crippen LogP contribution in [0, 0.1) is 0 Å². The zero-order chi connectivity index (χ0) is 11.3. The van der Waals surface area contributed by atoms with E-state index in [0.717, 1.165) is 18.6 Å². The maximum Gasteiger partial charge on any atom is 0.118 e. The van der Waals surface area contributed by atoms with Gasteiger partial charge in [-0.25, -0.2) is 0 Å². The fraction of sp³-hybridized carbons (Fsp3) is 0.500. The first-order valence-corrected chi connectivity index (χ1v) is 5.10. The van der Waals surface area contributed by atoms with E-state index in [2.05, 4.69) is 0 Å². The van der Waals surface area contributed by atoms with Crippen molar-refractivity contribution in [2.45, 2.75) is 25.3 Å². The van der Waals surface area contributed by atoms with Crippen molar-refractivity contribution in [2.75, 3.05) is 13.7 Å². The van der Waals surface area contributed by atoms with E-state index in [0.29, 0.717) is 0 Å². The highest BCUT2D eigenvalue weighted by Gasteiger charge is 2.16. The lowest BCUT2D eigenvalue weighted by molar-refractivity contribution is 0.200. The van der Waals surface area contributed by atoms with Gasteiger partial charge in [-0.1, -0.05) is 12.1 Å². The van der Waals surface area contributed by atoms with Crippen LogP contribution in [0.4, 0.5) is 0 Å². The van der Waals surface area contributed by atoms with Crippen molar-refractivity contribution in [2.24, 2.45) is 5.73 Å². The van der Waals surface area contributed by atoms with Gasteiger partial charge in [-0.05, 0) is 37.5 Å². The van der Waals surface area contributed by atoms with Crippen LogP contribution in [0.25, 0.3) is 0 Å². The number of aliphatic hydroxyl groups excluding tert-OH is 1. The standard InChI is InChI=1S/C12H19NO2/c1-12(13,9-14)8-7-10-3-5-11(15-2)6-4-10/h3-6,14H,7-9,13H2,1-2H3. The van der Waals surface area contributed by atoms with Crippen LogP contribution in [0.15, 0.2) is 24.3 Å². The van der Waals surface area contributed by atoms with E-state index in [1.54, 1.807) is 7.11 Å². The second-order valence-corrected chi connectivity index (χ2v) is 4.16. The van der Waals surface area contributed by atoms with Gasteiger partial charge in [0.05, 0.1) is 13.7 Å². The first kappa shape index (κ1) is 12.0. The summed E-state index contributed by atoms with van der Waals surface area (Å²) in [6.45, 7) is 1.87. The van der Waals surface area contributed by atoms with Gasteiger partial charge in [-0.15, -0.1) is 0 Å². The Hall–Kier alpha value is -1.06. The minimum Gasteiger partial charge on any atom is -0.497 e. The van der Waals surface area contributed by atoms with Crippen LogP contribution in [0.1, 0.15) is 18.9 Å². The summed E-state index contributed by atoms with van der Waals surface area (Å²) < 4.78 is 5.07. The summed E-state index contributed by atoms with van der Waals surface area (Å²) in [6.07, 6.45) is 1.65. The van der Waals surface area contributed by atoms with Crippen LogP contribution in [-0.2, 0) is 6.42 Å². The quantitative estimate of drug-likeness (QED) is 0.769. The van der Waals surface area contributed by atoms with E-state index in [9.17, 15) is 0 Å². The molecule has 3 N–H and O–H groups in total. The molecular weight excluding hydrogens is 190 g/mol. The molecule has 0 aliphatic rings. The summed E-state index contributed by atoms with van der Waals surface area (Å²) in [5.74, 6) is 0.858. The zero-order valence-electron chi connectivity index (χ0n) is 9.36. The minimum absolute atomic E-state index is 0.0170. The highest BCUT2D eigenvalue weighted by Crippen LogP contribution is 2.15. The third-order valence-electron chi connectivity index (χ3n) is 2.51. The monoisotopic (exact) mass is 209 g/mol. The van der Waals surface area contributed by atoms with Crippen LogP contribution in [0.5, 0.6) is 5.75 Å². The number of nitrogens with two attached hydrogens (primary N) is 1. The lowest BCUT2D eigenvalue weighted by atomic mass is 9.95. The molecule has 1 aromatic rings. The van der Waals surface area contributed by atoms with Crippen LogP contribution in [-0.4, -0.2) is 24.4 Å². The molecule has 0 saturated carbocycles. The molecule has 0 amide bonds. The van der Waals surface area contributed by atoms with E-state index in [4.69, 9.17) is 15.6 Å². The van der Waals surface area contributed by atoms with Crippen LogP contribution in [0.3, 0.4) is 0 Å². The minimum atomic E-state index is -0.486. The van der Waals surface area contributed by atoms with Crippen molar-refractivity contribution in [3.05, 3.63) is 29.8 Å². The molecule has 0 fully saturated rings. The summed E-state index contributed by atoms with van der Waals surface area (Å²) >= 11 is 0. The molecule has 0 aromatic heterocycles. The third-order valence-corrected chi connectivity index (χ3v) is 2.51. The number of ether oxygens (including phenoxy) is 1. The smallest absolute Gasteiger partial charge is 0.118 e. The Labute approximate surface area is 90.9 Å². The topological polar surface area (TPSA) is 55.5 Å². The SMILES string of the molecule is COc1ccc(CCC(C)(N)CO)cc1. The highest BCUT2D eigenvalue weighted by molar-refractivity contribution is 5.27. The highest BCUT2D eigenvalue weighted by atomic mass is 16.5. The Morgan fingerprint density at radius 3 is 2.40 bits per heavy atom. The molecule has 0 aliphatic carbocycles. The molecule has 0 bridgehead atoms. The van der Waals surface area contributed by atoms with Crippen LogP contribution < -0.4 is 10.5 Å².